The number of nitrogens with one attached hydrogen (secondary N) is 2. The van der Waals surface area contributed by atoms with E-state index in [9.17, 15) is 4.79 Å². The van der Waals surface area contributed by atoms with Gasteiger partial charge in [0.25, 0.3) is 5.91 Å². The van der Waals surface area contributed by atoms with E-state index in [0.717, 1.165) is 18.8 Å². The Balaban J connectivity index is 1.99. The molecule has 0 radical (unpaired) electrons. The Morgan fingerprint density at radius 3 is 2.75 bits per heavy atom. The number of carbonyl (C=O) groups is 1. The van der Waals surface area contributed by atoms with Gasteiger partial charge in [-0.05, 0) is 36.8 Å². The quantitative estimate of drug-likeness (QED) is 0.685. The van der Waals surface area contributed by atoms with Gasteiger partial charge < -0.3 is 15.4 Å². The number of amides is 1. The summed E-state index contributed by atoms with van der Waals surface area (Å²) in [5.41, 5.74) is 0.993. The van der Waals surface area contributed by atoms with Crippen LogP contribution in [0.1, 0.15) is 36.5 Å². The number of aromatic nitrogens is 1. The number of hydrogen-bond acceptors (Lipinski definition) is 4. The highest BCUT2D eigenvalue weighted by Crippen LogP contribution is 2.28. The summed E-state index contributed by atoms with van der Waals surface area (Å²) in [5.74, 6) is 1.05. The van der Waals surface area contributed by atoms with Crippen molar-refractivity contribution in [3.63, 3.8) is 0 Å². The minimum Gasteiger partial charge on any atom is -0.495 e. The van der Waals surface area contributed by atoms with Gasteiger partial charge in [-0.2, -0.15) is 0 Å². The van der Waals surface area contributed by atoms with Gasteiger partial charge in [0.1, 0.15) is 11.6 Å². The fourth-order valence-corrected chi connectivity index (χ4v) is 2.37. The second-order valence-corrected chi connectivity index (χ2v) is 5.80. The minimum atomic E-state index is -0.263. The van der Waals surface area contributed by atoms with Gasteiger partial charge >= 0.3 is 0 Å². The zero-order valence-corrected chi connectivity index (χ0v) is 14.7. The molecule has 0 aliphatic heterocycles. The molecule has 0 atom stereocenters. The molecule has 0 aliphatic rings. The molecular formula is C18H22ClN3O2. The molecule has 6 heteroatoms. The average Bonchev–Trinajstić information content (AvgIpc) is 2.59. The van der Waals surface area contributed by atoms with Crippen LogP contribution in [0.15, 0.2) is 36.5 Å². The molecule has 0 fully saturated rings. The Hall–Kier alpha value is -2.27. The van der Waals surface area contributed by atoms with Crippen LogP contribution in [0.25, 0.3) is 0 Å². The molecule has 2 N–H and O–H groups in total. The summed E-state index contributed by atoms with van der Waals surface area (Å²) in [6.07, 6.45) is 5.03. The zero-order valence-electron chi connectivity index (χ0n) is 13.9. The van der Waals surface area contributed by atoms with E-state index in [-0.39, 0.29) is 5.91 Å². The monoisotopic (exact) mass is 347 g/mol. The molecule has 128 valence electrons. The molecule has 2 rings (SSSR count). The Morgan fingerprint density at radius 1 is 1.25 bits per heavy atom. The van der Waals surface area contributed by atoms with Gasteiger partial charge in [-0.25, -0.2) is 4.98 Å². The van der Waals surface area contributed by atoms with E-state index in [1.54, 1.807) is 43.6 Å². The van der Waals surface area contributed by atoms with Crippen molar-refractivity contribution < 1.29 is 9.53 Å². The standard InChI is InChI=1S/C18H22ClN3O2/c1-3-4-5-10-20-17-9-6-13(12-21-17)18(23)22-15-11-14(19)7-8-16(15)24-2/h6-9,11-12H,3-5,10H2,1-2H3,(H,20,21)(H,22,23). The largest absolute Gasteiger partial charge is 0.495 e. The van der Waals surface area contributed by atoms with Crippen molar-refractivity contribution in [1.29, 1.82) is 0 Å². The SMILES string of the molecule is CCCCCNc1ccc(C(=O)Nc2cc(Cl)ccc2OC)cn1. The minimum absolute atomic E-state index is 0.263. The highest BCUT2D eigenvalue weighted by molar-refractivity contribution is 6.31. The lowest BCUT2D eigenvalue weighted by molar-refractivity contribution is 0.102. The van der Waals surface area contributed by atoms with Crippen LogP contribution in [-0.4, -0.2) is 24.5 Å². The van der Waals surface area contributed by atoms with E-state index in [4.69, 9.17) is 16.3 Å². The van der Waals surface area contributed by atoms with E-state index in [1.807, 2.05) is 0 Å². The van der Waals surface area contributed by atoms with Crippen LogP contribution in [0.2, 0.25) is 5.02 Å². The van der Waals surface area contributed by atoms with Gasteiger partial charge in [0.15, 0.2) is 0 Å². The highest BCUT2D eigenvalue weighted by atomic mass is 35.5. The number of unbranched alkanes of at least 4 members (excludes halogenated alkanes) is 2. The normalized spacial score (nSPS) is 10.3. The Labute approximate surface area is 147 Å². The summed E-state index contributed by atoms with van der Waals surface area (Å²) in [4.78, 5) is 16.6. The maximum Gasteiger partial charge on any atom is 0.257 e. The van der Waals surface area contributed by atoms with Crippen molar-refractivity contribution in [2.24, 2.45) is 0 Å². The first-order valence-corrected chi connectivity index (χ1v) is 8.36. The van der Waals surface area contributed by atoms with Crippen LogP contribution in [-0.2, 0) is 0 Å². The number of benzene rings is 1. The molecule has 0 saturated heterocycles. The molecule has 0 unspecified atom stereocenters. The van der Waals surface area contributed by atoms with Crippen molar-refractivity contribution in [2.75, 3.05) is 24.3 Å². The number of hydrogen-bond donors (Lipinski definition) is 2. The lowest BCUT2D eigenvalue weighted by Crippen LogP contribution is -2.13. The van der Waals surface area contributed by atoms with E-state index in [0.29, 0.717) is 22.0 Å². The van der Waals surface area contributed by atoms with Crippen LogP contribution in [0, 0.1) is 0 Å². The number of anilines is 2. The van der Waals surface area contributed by atoms with Crippen LogP contribution in [0.3, 0.4) is 0 Å². The second kappa shape index (κ2) is 9.13. The number of ether oxygens (including phenoxy) is 1. The van der Waals surface area contributed by atoms with Gasteiger partial charge in [-0.3, -0.25) is 4.79 Å². The molecule has 1 heterocycles. The third kappa shape index (κ3) is 5.13. The molecule has 24 heavy (non-hydrogen) atoms. The topological polar surface area (TPSA) is 63.2 Å². The first kappa shape index (κ1) is 18.1. The summed E-state index contributed by atoms with van der Waals surface area (Å²) >= 11 is 5.97. The molecular weight excluding hydrogens is 326 g/mol. The third-order valence-corrected chi connectivity index (χ3v) is 3.76. The summed E-state index contributed by atoms with van der Waals surface area (Å²) in [6.45, 7) is 3.05. The first-order chi connectivity index (χ1) is 11.6. The van der Waals surface area contributed by atoms with Gasteiger partial charge in [0.05, 0.1) is 18.4 Å². The molecule has 0 spiro atoms. The molecule has 1 aromatic carbocycles. The first-order valence-electron chi connectivity index (χ1n) is 7.99. The Morgan fingerprint density at radius 2 is 2.08 bits per heavy atom. The molecule has 0 bridgehead atoms. The van der Waals surface area contributed by atoms with Crippen LogP contribution in [0.5, 0.6) is 5.75 Å². The summed E-state index contributed by atoms with van der Waals surface area (Å²) < 4.78 is 5.22. The van der Waals surface area contributed by atoms with Crippen molar-refractivity contribution in [3.8, 4) is 5.75 Å². The summed E-state index contributed by atoms with van der Waals surface area (Å²) in [6, 6.07) is 8.60. The molecule has 0 aliphatic carbocycles. The van der Waals surface area contributed by atoms with Gasteiger partial charge in [0, 0.05) is 17.8 Å². The maximum absolute atomic E-state index is 12.3. The molecule has 1 aromatic heterocycles. The van der Waals surface area contributed by atoms with E-state index in [2.05, 4.69) is 22.5 Å². The Kier molecular flexibility index (Phi) is 6.88. The van der Waals surface area contributed by atoms with Gasteiger partial charge in [-0.1, -0.05) is 31.4 Å². The predicted octanol–water partition coefficient (Wildman–Crippen LogP) is 4.60. The van der Waals surface area contributed by atoms with Crippen molar-refractivity contribution in [2.45, 2.75) is 26.2 Å². The molecule has 1 amide bonds. The van der Waals surface area contributed by atoms with Crippen LogP contribution >= 0.6 is 11.6 Å². The number of rotatable bonds is 8. The number of nitrogens with zero attached hydrogens (tertiary/aromatic N) is 1. The number of halogens is 1. The third-order valence-electron chi connectivity index (χ3n) is 3.52. The van der Waals surface area contributed by atoms with Crippen LogP contribution in [0.4, 0.5) is 11.5 Å². The second-order valence-electron chi connectivity index (χ2n) is 5.36. The Bertz CT molecular complexity index is 674. The molecule has 2 aromatic rings. The van der Waals surface area contributed by atoms with Crippen LogP contribution < -0.4 is 15.4 Å². The number of methoxy groups -OCH3 is 1. The lowest BCUT2D eigenvalue weighted by atomic mass is 10.2. The lowest BCUT2D eigenvalue weighted by Gasteiger charge is -2.11. The summed E-state index contributed by atoms with van der Waals surface area (Å²) in [7, 11) is 1.54. The van der Waals surface area contributed by atoms with Crippen molar-refractivity contribution in [1.82, 2.24) is 4.98 Å². The average molecular weight is 348 g/mol. The van der Waals surface area contributed by atoms with E-state index >= 15 is 0 Å². The summed E-state index contributed by atoms with van der Waals surface area (Å²) in [5, 5.41) is 6.55. The highest BCUT2D eigenvalue weighted by Gasteiger charge is 2.11. The van der Waals surface area contributed by atoms with Gasteiger partial charge in [-0.15, -0.1) is 0 Å². The maximum atomic E-state index is 12.3. The fraction of sp³-hybridized carbons (Fsp3) is 0.333. The number of carbonyl (C=O) groups excluding carboxylic acids is 1. The smallest absolute Gasteiger partial charge is 0.257 e. The van der Waals surface area contributed by atoms with Crippen molar-refractivity contribution in [3.05, 3.63) is 47.1 Å². The predicted molar refractivity (Wildman–Crippen MR) is 98.2 cm³/mol. The van der Waals surface area contributed by atoms with Crippen molar-refractivity contribution >= 4 is 29.0 Å². The fourth-order valence-electron chi connectivity index (χ4n) is 2.20. The van der Waals surface area contributed by atoms with E-state index < -0.39 is 0 Å². The molecule has 5 nitrogen and oxygen atoms in total. The molecule has 0 saturated carbocycles. The number of pyridine rings is 1. The zero-order chi connectivity index (χ0) is 17.4. The van der Waals surface area contributed by atoms with E-state index in [1.165, 1.54) is 12.8 Å². The van der Waals surface area contributed by atoms with Gasteiger partial charge in [0.2, 0.25) is 0 Å².